The molecule has 0 saturated heterocycles. The van der Waals surface area contributed by atoms with Gasteiger partial charge in [-0.1, -0.05) is 35.0 Å². The van der Waals surface area contributed by atoms with E-state index >= 15 is 0 Å². The molecule has 0 heterocycles. The van der Waals surface area contributed by atoms with E-state index in [1.165, 1.54) is 5.56 Å². The Morgan fingerprint density at radius 2 is 1.90 bits per heavy atom. The molecule has 2 rings (SSSR count). The van der Waals surface area contributed by atoms with Crippen molar-refractivity contribution in [2.24, 2.45) is 0 Å². The highest BCUT2D eigenvalue weighted by Gasteiger charge is 2.10. The van der Waals surface area contributed by atoms with E-state index in [2.05, 4.69) is 22.9 Å². The molecule has 4 heteroatoms. The molecule has 0 aliphatic carbocycles. The number of hydrogen-bond donors (Lipinski definition) is 1. The maximum Gasteiger partial charge on any atom is 0.169 e. The summed E-state index contributed by atoms with van der Waals surface area (Å²) in [7, 11) is 1.63. The Bertz CT molecular complexity index is 623. The van der Waals surface area contributed by atoms with Crippen molar-refractivity contribution < 1.29 is 14.6 Å². The Hall–Kier alpha value is -1.52. The zero-order valence-electron chi connectivity index (χ0n) is 12.4. The maximum absolute atomic E-state index is 9.63. The minimum Gasteiger partial charge on any atom is -0.493 e. The molecule has 0 saturated carbocycles. The summed E-state index contributed by atoms with van der Waals surface area (Å²) in [6.45, 7) is 3.83. The van der Waals surface area contributed by atoms with Crippen LogP contribution < -0.4 is 9.47 Å². The average Bonchev–Trinajstić information content (AvgIpc) is 2.47. The summed E-state index contributed by atoms with van der Waals surface area (Å²) in [4.78, 5) is 0. The molecular formula is C17H19BrO3. The predicted molar refractivity (Wildman–Crippen MR) is 87.2 cm³/mol. The summed E-state index contributed by atoms with van der Waals surface area (Å²) < 4.78 is 12.1. The molecule has 0 aliphatic heterocycles. The lowest BCUT2D eigenvalue weighted by Gasteiger charge is -2.13. The second-order valence-corrected chi connectivity index (χ2v) is 5.65. The van der Waals surface area contributed by atoms with E-state index in [0.29, 0.717) is 17.2 Å². The fourth-order valence-corrected chi connectivity index (χ4v) is 2.74. The molecule has 0 unspecified atom stereocenters. The fraction of sp³-hybridized carbons (Fsp3) is 0.294. The Kier molecular flexibility index (Phi) is 5.26. The predicted octanol–water partition coefficient (Wildman–Crippen LogP) is 4.87. The van der Waals surface area contributed by atoms with Crippen LogP contribution in [0.4, 0.5) is 0 Å². The van der Waals surface area contributed by atoms with Crippen LogP contribution in [-0.2, 0) is 6.42 Å². The summed E-state index contributed by atoms with van der Waals surface area (Å²) in [5, 5.41) is 9.63. The van der Waals surface area contributed by atoms with Gasteiger partial charge < -0.3 is 14.6 Å². The third-order valence-electron chi connectivity index (χ3n) is 3.29. The molecule has 3 nitrogen and oxygen atoms in total. The van der Waals surface area contributed by atoms with Gasteiger partial charge in [-0.2, -0.15) is 0 Å². The standard InChI is InChI=1S/C17H19BrO3/c1-4-12-5-8-16(17(9-12)20-3)21-13-6-7-14(11(2)19)15(18)10-13/h5-11,19H,4H2,1-3H3/t11-/m1/s1. The highest BCUT2D eigenvalue weighted by molar-refractivity contribution is 9.10. The first-order chi connectivity index (χ1) is 10.0. The van der Waals surface area contributed by atoms with Crippen molar-refractivity contribution in [3.05, 3.63) is 52.0 Å². The normalized spacial score (nSPS) is 12.0. The van der Waals surface area contributed by atoms with E-state index in [-0.39, 0.29) is 0 Å². The van der Waals surface area contributed by atoms with E-state index in [0.717, 1.165) is 16.5 Å². The zero-order valence-corrected chi connectivity index (χ0v) is 14.0. The van der Waals surface area contributed by atoms with Crippen LogP contribution >= 0.6 is 15.9 Å². The van der Waals surface area contributed by atoms with Gasteiger partial charge in [-0.05, 0) is 48.7 Å². The van der Waals surface area contributed by atoms with Gasteiger partial charge in [0.2, 0.25) is 0 Å². The lowest BCUT2D eigenvalue weighted by molar-refractivity contribution is 0.198. The molecule has 0 bridgehead atoms. The molecule has 0 spiro atoms. The van der Waals surface area contributed by atoms with Gasteiger partial charge in [-0.3, -0.25) is 0 Å². The number of hydrogen-bond acceptors (Lipinski definition) is 3. The largest absolute Gasteiger partial charge is 0.493 e. The van der Waals surface area contributed by atoms with Crippen LogP contribution in [0.15, 0.2) is 40.9 Å². The molecule has 112 valence electrons. The Labute approximate surface area is 133 Å². The van der Waals surface area contributed by atoms with Crippen molar-refractivity contribution in [2.75, 3.05) is 7.11 Å². The van der Waals surface area contributed by atoms with E-state index in [4.69, 9.17) is 9.47 Å². The van der Waals surface area contributed by atoms with Crippen molar-refractivity contribution in [1.82, 2.24) is 0 Å². The van der Waals surface area contributed by atoms with Gasteiger partial charge in [-0.25, -0.2) is 0 Å². The van der Waals surface area contributed by atoms with Crippen LogP contribution in [0.1, 0.15) is 31.1 Å². The summed E-state index contributed by atoms with van der Waals surface area (Å²) in [5.41, 5.74) is 2.03. The van der Waals surface area contributed by atoms with Gasteiger partial charge in [0, 0.05) is 4.47 Å². The minimum absolute atomic E-state index is 0.521. The van der Waals surface area contributed by atoms with Crippen LogP contribution in [0.25, 0.3) is 0 Å². The second kappa shape index (κ2) is 6.96. The first-order valence-electron chi connectivity index (χ1n) is 6.87. The van der Waals surface area contributed by atoms with Crippen LogP contribution in [0.5, 0.6) is 17.2 Å². The number of halogens is 1. The quantitative estimate of drug-likeness (QED) is 0.836. The van der Waals surface area contributed by atoms with Crippen LogP contribution in [0.2, 0.25) is 0 Å². The number of rotatable bonds is 5. The maximum atomic E-state index is 9.63. The molecule has 21 heavy (non-hydrogen) atoms. The molecule has 0 fully saturated rings. The molecule has 2 aromatic carbocycles. The summed E-state index contributed by atoms with van der Waals surface area (Å²) in [6.07, 6.45) is 0.428. The SMILES string of the molecule is CCc1ccc(Oc2ccc([C@@H](C)O)c(Br)c2)c(OC)c1. The lowest BCUT2D eigenvalue weighted by Crippen LogP contribution is -1.95. The van der Waals surface area contributed by atoms with Crippen LogP contribution in [-0.4, -0.2) is 12.2 Å². The third kappa shape index (κ3) is 3.77. The number of benzene rings is 2. The van der Waals surface area contributed by atoms with E-state index in [1.54, 1.807) is 14.0 Å². The van der Waals surface area contributed by atoms with E-state index < -0.39 is 6.10 Å². The molecule has 1 N–H and O–H groups in total. The molecular weight excluding hydrogens is 332 g/mol. The molecule has 0 aromatic heterocycles. The smallest absolute Gasteiger partial charge is 0.169 e. The van der Waals surface area contributed by atoms with Gasteiger partial charge in [-0.15, -0.1) is 0 Å². The fourth-order valence-electron chi connectivity index (χ4n) is 2.05. The first-order valence-corrected chi connectivity index (χ1v) is 7.66. The summed E-state index contributed by atoms with van der Waals surface area (Å²) in [6, 6.07) is 11.4. The molecule has 2 aromatic rings. The van der Waals surface area contributed by atoms with E-state index in [1.807, 2.05) is 36.4 Å². The van der Waals surface area contributed by atoms with E-state index in [9.17, 15) is 5.11 Å². The van der Waals surface area contributed by atoms with Gasteiger partial charge >= 0.3 is 0 Å². The number of ether oxygens (including phenoxy) is 2. The Morgan fingerprint density at radius 1 is 1.14 bits per heavy atom. The van der Waals surface area contributed by atoms with Crippen molar-refractivity contribution in [1.29, 1.82) is 0 Å². The number of aryl methyl sites for hydroxylation is 1. The minimum atomic E-state index is -0.521. The topological polar surface area (TPSA) is 38.7 Å². The Balaban J connectivity index is 2.28. The van der Waals surface area contributed by atoms with Crippen molar-refractivity contribution in [3.63, 3.8) is 0 Å². The second-order valence-electron chi connectivity index (χ2n) is 4.80. The molecule has 0 aliphatic rings. The van der Waals surface area contributed by atoms with Crippen LogP contribution in [0, 0.1) is 0 Å². The molecule has 0 radical (unpaired) electrons. The molecule has 0 amide bonds. The highest BCUT2D eigenvalue weighted by atomic mass is 79.9. The summed E-state index contributed by atoms with van der Waals surface area (Å²) >= 11 is 3.45. The third-order valence-corrected chi connectivity index (χ3v) is 3.97. The average molecular weight is 351 g/mol. The monoisotopic (exact) mass is 350 g/mol. The Morgan fingerprint density at radius 3 is 2.48 bits per heavy atom. The summed E-state index contributed by atoms with van der Waals surface area (Å²) in [5.74, 6) is 2.07. The van der Waals surface area contributed by atoms with Crippen molar-refractivity contribution in [2.45, 2.75) is 26.4 Å². The highest BCUT2D eigenvalue weighted by Crippen LogP contribution is 2.35. The first kappa shape index (κ1) is 15.9. The van der Waals surface area contributed by atoms with Gasteiger partial charge in [0.15, 0.2) is 11.5 Å². The van der Waals surface area contributed by atoms with Gasteiger partial charge in [0.25, 0.3) is 0 Å². The number of aliphatic hydroxyl groups is 1. The molecule has 1 atom stereocenters. The van der Waals surface area contributed by atoms with Crippen LogP contribution in [0.3, 0.4) is 0 Å². The lowest BCUT2D eigenvalue weighted by atomic mass is 10.1. The van der Waals surface area contributed by atoms with Crippen molar-refractivity contribution in [3.8, 4) is 17.2 Å². The zero-order chi connectivity index (χ0) is 15.4. The van der Waals surface area contributed by atoms with Gasteiger partial charge in [0.1, 0.15) is 5.75 Å². The van der Waals surface area contributed by atoms with Gasteiger partial charge in [0.05, 0.1) is 13.2 Å². The number of aliphatic hydroxyl groups excluding tert-OH is 1. The number of methoxy groups -OCH3 is 1. The van der Waals surface area contributed by atoms with Crippen molar-refractivity contribution >= 4 is 15.9 Å².